The maximum absolute atomic E-state index is 11.0. The first-order valence-electron chi connectivity index (χ1n) is 10.6. The summed E-state index contributed by atoms with van der Waals surface area (Å²) in [7, 11) is 1.55. The second kappa shape index (κ2) is 10.5. The number of ether oxygens (including phenoxy) is 3. The first kappa shape index (κ1) is 24.3. The summed E-state index contributed by atoms with van der Waals surface area (Å²) >= 11 is 12.7. The Balaban J connectivity index is 1.75. The van der Waals surface area contributed by atoms with Gasteiger partial charge in [-0.3, -0.25) is 4.79 Å². The van der Waals surface area contributed by atoms with Crippen molar-refractivity contribution in [1.82, 2.24) is 0 Å². The Morgan fingerprint density at radius 2 is 2.03 bits per heavy atom. The molecule has 172 valence electrons. The summed E-state index contributed by atoms with van der Waals surface area (Å²) in [5.74, 6) is 1.14. The van der Waals surface area contributed by atoms with Crippen LogP contribution in [0.5, 0.6) is 17.2 Å². The molecule has 0 saturated carbocycles. The van der Waals surface area contributed by atoms with Crippen molar-refractivity contribution in [2.75, 3.05) is 13.7 Å². The van der Waals surface area contributed by atoms with Crippen molar-refractivity contribution < 1.29 is 24.1 Å². The summed E-state index contributed by atoms with van der Waals surface area (Å²) in [5.41, 5.74) is 2.37. The van der Waals surface area contributed by atoms with Crippen LogP contribution >= 0.6 is 23.2 Å². The van der Waals surface area contributed by atoms with Crippen molar-refractivity contribution in [1.29, 1.82) is 0 Å². The normalized spacial score (nSPS) is 16.9. The van der Waals surface area contributed by atoms with Crippen molar-refractivity contribution >= 4 is 29.2 Å². The third-order valence-electron chi connectivity index (χ3n) is 5.87. The maximum atomic E-state index is 11.0. The van der Waals surface area contributed by atoms with Gasteiger partial charge in [0.1, 0.15) is 23.9 Å². The fraction of sp³-hybridized carbons (Fsp3) is 0.400. The van der Waals surface area contributed by atoms with E-state index in [1.165, 1.54) is 0 Å². The molecule has 0 saturated heterocycles. The lowest BCUT2D eigenvalue weighted by Crippen LogP contribution is -2.28. The molecule has 1 heterocycles. The van der Waals surface area contributed by atoms with Crippen LogP contribution in [0.1, 0.15) is 50.2 Å². The number of carbonyl (C=O) groups is 1. The van der Waals surface area contributed by atoms with E-state index in [2.05, 4.69) is 13.5 Å². The topological polar surface area (TPSA) is 65.0 Å². The maximum Gasteiger partial charge on any atom is 0.307 e. The van der Waals surface area contributed by atoms with Gasteiger partial charge in [0.15, 0.2) is 0 Å². The number of aliphatic carboxylic acids is 1. The van der Waals surface area contributed by atoms with Crippen LogP contribution in [0.3, 0.4) is 0 Å². The van der Waals surface area contributed by atoms with Crippen LogP contribution < -0.4 is 14.2 Å². The van der Waals surface area contributed by atoms with Crippen LogP contribution in [0.15, 0.2) is 42.5 Å². The molecule has 3 rings (SSSR count). The molecule has 1 unspecified atom stereocenters. The summed E-state index contributed by atoms with van der Waals surface area (Å²) in [6.45, 7) is 6.83. The molecule has 0 spiro atoms. The summed E-state index contributed by atoms with van der Waals surface area (Å²) in [6, 6.07) is 9.30. The number of rotatable bonds is 11. The van der Waals surface area contributed by atoms with E-state index in [4.69, 9.17) is 42.5 Å². The van der Waals surface area contributed by atoms with Gasteiger partial charge in [-0.1, -0.05) is 54.8 Å². The van der Waals surface area contributed by atoms with E-state index in [0.29, 0.717) is 40.1 Å². The first-order chi connectivity index (χ1) is 15.3. The SMILES string of the molecule is C=C(CCC1(CCC)COc2cc(OCc3c(Cl)ccc(OC)c3Cl)ccc21)CC(=O)O. The number of methoxy groups -OCH3 is 1. The monoisotopic (exact) mass is 478 g/mol. The van der Waals surface area contributed by atoms with Gasteiger partial charge < -0.3 is 19.3 Å². The van der Waals surface area contributed by atoms with E-state index >= 15 is 0 Å². The highest BCUT2D eigenvalue weighted by molar-refractivity contribution is 6.36. The zero-order valence-electron chi connectivity index (χ0n) is 18.4. The molecule has 0 amide bonds. The third kappa shape index (κ3) is 5.33. The lowest BCUT2D eigenvalue weighted by atomic mass is 9.74. The van der Waals surface area contributed by atoms with Crippen LogP contribution in [0.2, 0.25) is 10.0 Å². The Morgan fingerprint density at radius 3 is 2.72 bits per heavy atom. The van der Waals surface area contributed by atoms with Crippen LogP contribution in [0.25, 0.3) is 0 Å². The molecular weight excluding hydrogens is 451 g/mol. The van der Waals surface area contributed by atoms with E-state index in [1.807, 2.05) is 18.2 Å². The highest BCUT2D eigenvalue weighted by Gasteiger charge is 2.39. The molecule has 0 aliphatic carbocycles. The Kier molecular flexibility index (Phi) is 7.96. The highest BCUT2D eigenvalue weighted by Crippen LogP contribution is 2.47. The summed E-state index contributed by atoms with van der Waals surface area (Å²) < 4.78 is 17.3. The number of hydrogen-bond acceptors (Lipinski definition) is 4. The quantitative estimate of drug-likeness (QED) is 0.358. The predicted molar refractivity (Wildman–Crippen MR) is 126 cm³/mol. The zero-order chi connectivity index (χ0) is 23.3. The van der Waals surface area contributed by atoms with E-state index in [1.54, 1.807) is 19.2 Å². The summed E-state index contributed by atoms with van der Waals surface area (Å²) in [4.78, 5) is 11.0. The number of carboxylic acid groups (broad SMARTS) is 1. The van der Waals surface area contributed by atoms with Gasteiger partial charge in [-0.15, -0.1) is 0 Å². The van der Waals surface area contributed by atoms with E-state index in [9.17, 15) is 4.79 Å². The number of benzene rings is 2. The lowest BCUT2D eigenvalue weighted by Gasteiger charge is -2.28. The molecule has 0 aromatic heterocycles. The van der Waals surface area contributed by atoms with E-state index < -0.39 is 5.97 Å². The molecule has 2 aromatic carbocycles. The van der Waals surface area contributed by atoms with Crippen molar-refractivity contribution in [3.05, 3.63) is 63.7 Å². The number of carboxylic acids is 1. The second-order valence-corrected chi connectivity index (χ2v) is 8.91. The molecule has 0 fully saturated rings. The van der Waals surface area contributed by atoms with Crippen molar-refractivity contribution in [2.24, 2.45) is 0 Å². The first-order valence-corrected chi connectivity index (χ1v) is 11.3. The molecule has 0 bridgehead atoms. The smallest absolute Gasteiger partial charge is 0.307 e. The molecule has 1 N–H and O–H groups in total. The molecule has 7 heteroatoms. The van der Waals surface area contributed by atoms with Gasteiger partial charge in [0.05, 0.1) is 25.2 Å². The highest BCUT2D eigenvalue weighted by atomic mass is 35.5. The molecule has 5 nitrogen and oxygen atoms in total. The second-order valence-electron chi connectivity index (χ2n) is 8.13. The van der Waals surface area contributed by atoms with Crippen LogP contribution in [-0.4, -0.2) is 24.8 Å². The fourth-order valence-electron chi connectivity index (χ4n) is 4.20. The third-order valence-corrected chi connectivity index (χ3v) is 6.64. The Labute approximate surface area is 198 Å². The van der Waals surface area contributed by atoms with Gasteiger partial charge in [0.25, 0.3) is 0 Å². The van der Waals surface area contributed by atoms with E-state index in [0.717, 1.165) is 36.1 Å². The minimum absolute atomic E-state index is 0.00190. The Hall–Kier alpha value is -2.37. The number of halogens is 2. The van der Waals surface area contributed by atoms with Crippen LogP contribution in [-0.2, 0) is 16.8 Å². The lowest BCUT2D eigenvalue weighted by molar-refractivity contribution is -0.136. The minimum atomic E-state index is -0.847. The molecule has 1 aliphatic rings. The zero-order valence-corrected chi connectivity index (χ0v) is 19.9. The minimum Gasteiger partial charge on any atom is -0.495 e. The molecule has 1 aliphatic heterocycles. The van der Waals surface area contributed by atoms with Gasteiger partial charge in [0, 0.05) is 27.6 Å². The number of hydrogen-bond donors (Lipinski definition) is 1. The Bertz CT molecular complexity index is 1000. The van der Waals surface area contributed by atoms with Gasteiger partial charge in [-0.05, 0) is 37.5 Å². The number of fused-ring (bicyclic) bond motifs is 1. The molecule has 0 radical (unpaired) electrons. The van der Waals surface area contributed by atoms with Gasteiger partial charge in [-0.2, -0.15) is 0 Å². The van der Waals surface area contributed by atoms with Crippen molar-refractivity contribution in [3.63, 3.8) is 0 Å². The molecule has 32 heavy (non-hydrogen) atoms. The summed E-state index contributed by atoms with van der Waals surface area (Å²) in [5, 5.41) is 9.95. The van der Waals surface area contributed by atoms with Crippen molar-refractivity contribution in [3.8, 4) is 17.2 Å². The van der Waals surface area contributed by atoms with Gasteiger partial charge in [0.2, 0.25) is 0 Å². The van der Waals surface area contributed by atoms with Crippen molar-refractivity contribution in [2.45, 2.75) is 51.0 Å². The van der Waals surface area contributed by atoms with Gasteiger partial charge in [-0.25, -0.2) is 0 Å². The predicted octanol–water partition coefficient (Wildman–Crippen LogP) is 6.82. The standard InChI is InChI=1S/C25H28Cl2O5/c1-4-10-25(11-9-16(2)12-23(28)29)15-32-22-13-17(5-6-19(22)25)31-14-18-20(26)7-8-21(30-3)24(18)27/h5-8,13H,2,4,9-12,14-15H2,1,3H3,(H,28,29). The molecular formula is C25H28Cl2O5. The van der Waals surface area contributed by atoms with Crippen LogP contribution in [0.4, 0.5) is 0 Å². The van der Waals surface area contributed by atoms with Crippen LogP contribution in [0, 0.1) is 0 Å². The largest absolute Gasteiger partial charge is 0.495 e. The molecule has 1 atom stereocenters. The average Bonchev–Trinajstić information content (AvgIpc) is 3.10. The average molecular weight is 479 g/mol. The van der Waals surface area contributed by atoms with E-state index in [-0.39, 0.29) is 18.4 Å². The Morgan fingerprint density at radius 1 is 1.25 bits per heavy atom. The van der Waals surface area contributed by atoms with Gasteiger partial charge >= 0.3 is 5.97 Å². The summed E-state index contributed by atoms with van der Waals surface area (Å²) in [6.07, 6.45) is 3.41. The fourth-order valence-corrected chi connectivity index (χ4v) is 4.76. The molecule has 2 aromatic rings.